The number of anilines is 2. The molecule has 0 bridgehead atoms. The fourth-order valence-electron chi connectivity index (χ4n) is 1.51. The minimum atomic E-state index is -0.580. The minimum absolute atomic E-state index is 0.158. The molecule has 0 atom stereocenters. The van der Waals surface area contributed by atoms with Gasteiger partial charge in [0.1, 0.15) is 0 Å². The monoisotopic (exact) mass is 289 g/mol. The number of carbonyl (C=O) groups excluding carboxylic acids is 2. The highest BCUT2D eigenvalue weighted by Crippen LogP contribution is 2.27. The Morgan fingerprint density at radius 2 is 1.57 bits per heavy atom. The largest absolute Gasteiger partial charge is 0.321 e. The molecule has 7 nitrogen and oxygen atoms in total. The van der Waals surface area contributed by atoms with Gasteiger partial charge in [-0.05, 0) is 32.1 Å². The Balaban J connectivity index is 3.13. The van der Waals surface area contributed by atoms with Crippen LogP contribution in [0.3, 0.4) is 0 Å². The summed E-state index contributed by atoms with van der Waals surface area (Å²) in [5.41, 5.74) is 0.251. The van der Waals surface area contributed by atoms with Crippen LogP contribution in [-0.2, 0) is 9.59 Å². The van der Waals surface area contributed by atoms with E-state index in [0.717, 1.165) is 0 Å². The number of nitrogens with zero attached hydrogens (tertiary/aromatic N) is 1. The summed E-state index contributed by atoms with van der Waals surface area (Å²) in [5.74, 6) is -0.840. The summed E-state index contributed by atoms with van der Waals surface area (Å²) in [5, 5.41) is 15.8. The molecule has 0 saturated heterocycles. The van der Waals surface area contributed by atoms with Crippen molar-refractivity contribution in [3.05, 3.63) is 52.6 Å². The third kappa shape index (κ3) is 4.90. The van der Waals surface area contributed by atoms with Gasteiger partial charge in [-0.25, -0.2) is 0 Å². The molecule has 1 rings (SSSR count). The normalized spacial score (nSPS) is 10.8. The lowest BCUT2D eigenvalue weighted by atomic mass is 10.2. The number of nitrogens with one attached hydrogen (secondary N) is 2. The summed E-state index contributed by atoms with van der Waals surface area (Å²) in [4.78, 5) is 33.3. The van der Waals surface area contributed by atoms with E-state index in [-0.39, 0.29) is 17.1 Å². The summed E-state index contributed by atoms with van der Waals surface area (Å²) in [7, 11) is 0. The van der Waals surface area contributed by atoms with E-state index in [9.17, 15) is 19.7 Å². The van der Waals surface area contributed by atoms with Crippen molar-refractivity contribution in [3.63, 3.8) is 0 Å². The molecule has 0 saturated carbocycles. The van der Waals surface area contributed by atoms with Crippen molar-refractivity contribution in [1.29, 1.82) is 0 Å². The molecule has 21 heavy (non-hydrogen) atoms. The number of carbonyl (C=O) groups is 2. The Morgan fingerprint density at radius 3 is 2.05 bits per heavy atom. The predicted octanol–water partition coefficient (Wildman–Crippen LogP) is 2.62. The van der Waals surface area contributed by atoms with E-state index in [1.807, 2.05) is 0 Å². The van der Waals surface area contributed by atoms with Gasteiger partial charge in [-0.1, -0.05) is 12.2 Å². The molecule has 0 aromatic heterocycles. The highest BCUT2D eigenvalue weighted by molar-refractivity contribution is 6.06. The molecule has 110 valence electrons. The number of benzene rings is 1. The van der Waals surface area contributed by atoms with Crippen LogP contribution in [0.4, 0.5) is 17.1 Å². The van der Waals surface area contributed by atoms with Gasteiger partial charge in [-0.3, -0.25) is 19.7 Å². The van der Waals surface area contributed by atoms with Crippen LogP contribution in [-0.4, -0.2) is 16.7 Å². The molecular formula is C14H15N3O4. The van der Waals surface area contributed by atoms with Gasteiger partial charge in [0.15, 0.2) is 0 Å². The zero-order valence-electron chi connectivity index (χ0n) is 11.6. The van der Waals surface area contributed by atoms with Crippen molar-refractivity contribution in [2.75, 3.05) is 10.6 Å². The summed E-state index contributed by atoms with van der Waals surface area (Å²) in [6, 6.07) is 3.80. The molecule has 0 spiro atoms. The van der Waals surface area contributed by atoms with Gasteiger partial charge in [-0.15, -0.1) is 0 Å². The Bertz CT molecular complexity index is 621. The number of hydrogen-bond acceptors (Lipinski definition) is 4. The Hall–Kier alpha value is -2.96. The zero-order chi connectivity index (χ0) is 15.8. The molecule has 0 aliphatic carbocycles. The minimum Gasteiger partial charge on any atom is -0.321 e. The van der Waals surface area contributed by atoms with Crippen molar-refractivity contribution in [2.45, 2.75) is 13.8 Å². The number of amides is 2. The summed E-state index contributed by atoms with van der Waals surface area (Å²) >= 11 is 0. The first-order valence-corrected chi connectivity index (χ1v) is 6.13. The molecule has 0 aliphatic heterocycles. The summed E-state index contributed by atoms with van der Waals surface area (Å²) in [6.45, 7) is 3.35. The lowest BCUT2D eigenvalue weighted by Crippen LogP contribution is -2.14. The van der Waals surface area contributed by atoms with Crippen molar-refractivity contribution in [2.24, 2.45) is 0 Å². The van der Waals surface area contributed by atoms with E-state index < -0.39 is 16.7 Å². The second-order valence-electron chi connectivity index (χ2n) is 3.97. The van der Waals surface area contributed by atoms with Crippen LogP contribution in [0, 0.1) is 10.1 Å². The number of hydrogen-bond donors (Lipinski definition) is 2. The molecule has 0 heterocycles. The van der Waals surface area contributed by atoms with Crippen molar-refractivity contribution < 1.29 is 14.5 Å². The molecule has 0 radical (unpaired) electrons. The van der Waals surface area contributed by atoms with Crippen LogP contribution >= 0.6 is 0 Å². The van der Waals surface area contributed by atoms with Crippen LogP contribution in [0.25, 0.3) is 0 Å². The topological polar surface area (TPSA) is 101 Å². The van der Waals surface area contributed by atoms with Crippen LogP contribution < -0.4 is 10.6 Å². The van der Waals surface area contributed by atoms with Crippen LogP contribution in [0.5, 0.6) is 0 Å². The Morgan fingerprint density at radius 1 is 1.05 bits per heavy atom. The fourth-order valence-corrected chi connectivity index (χ4v) is 1.51. The highest BCUT2D eigenvalue weighted by atomic mass is 16.6. The Kier molecular flexibility index (Phi) is 5.81. The predicted molar refractivity (Wildman–Crippen MR) is 80.0 cm³/mol. The van der Waals surface area contributed by atoms with Gasteiger partial charge in [0.05, 0.1) is 16.3 Å². The number of nitro benzene ring substituents is 1. The van der Waals surface area contributed by atoms with E-state index in [1.54, 1.807) is 19.9 Å². The standard InChI is InChI=1S/C14H15N3O4/c1-3-5-13(18)15-11-8-7-10(17(20)21)9-12(11)16-14(19)6-4-2/h3-9H,1-2H3,(H,15,18)(H,16,19). The Labute approximate surface area is 121 Å². The SMILES string of the molecule is CC=CC(=O)Nc1ccc([N+](=O)[O-])cc1NC(=O)C=CC. The molecule has 2 amide bonds. The molecule has 0 fully saturated rings. The zero-order valence-corrected chi connectivity index (χ0v) is 11.6. The van der Waals surface area contributed by atoms with Gasteiger partial charge in [0.25, 0.3) is 5.69 Å². The maximum Gasteiger partial charge on any atom is 0.271 e. The second kappa shape index (κ2) is 7.59. The van der Waals surface area contributed by atoms with E-state index in [1.165, 1.54) is 36.4 Å². The lowest BCUT2D eigenvalue weighted by Gasteiger charge is -2.10. The molecule has 0 unspecified atom stereocenters. The van der Waals surface area contributed by atoms with Gasteiger partial charge in [-0.2, -0.15) is 0 Å². The maximum absolute atomic E-state index is 11.6. The number of rotatable bonds is 5. The molecule has 0 aliphatic rings. The van der Waals surface area contributed by atoms with Gasteiger partial charge in [0.2, 0.25) is 11.8 Å². The lowest BCUT2D eigenvalue weighted by molar-refractivity contribution is -0.384. The quantitative estimate of drug-likeness (QED) is 0.494. The summed E-state index contributed by atoms with van der Waals surface area (Å²) in [6.07, 6.45) is 5.67. The highest BCUT2D eigenvalue weighted by Gasteiger charge is 2.13. The average Bonchev–Trinajstić information content (AvgIpc) is 2.41. The van der Waals surface area contributed by atoms with E-state index in [2.05, 4.69) is 10.6 Å². The van der Waals surface area contributed by atoms with Gasteiger partial charge < -0.3 is 10.6 Å². The number of non-ortho nitro benzene ring substituents is 1. The first kappa shape index (κ1) is 16.1. The van der Waals surface area contributed by atoms with Crippen molar-refractivity contribution >= 4 is 28.9 Å². The van der Waals surface area contributed by atoms with Crippen LogP contribution in [0.1, 0.15) is 13.8 Å². The van der Waals surface area contributed by atoms with Crippen LogP contribution in [0.15, 0.2) is 42.5 Å². The third-order valence-electron chi connectivity index (χ3n) is 2.37. The van der Waals surface area contributed by atoms with Crippen molar-refractivity contribution in [3.8, 4) is 0 Å². The van der Waals surface area contributed by atoms with E-state index in [0.29, 0.717) is 0 Å². The molecule has 1 aromatic rings. The molecular weight excluding hydrogens is 274 g/mol. The van der Waals surface area contributed by atoms with Crippen molar-refractivity contribution in [1.82, 2.24) is 0 Å². The first-order chi connectivity index (χ1) is 9.97. The third-order valence-corrected chi connectivity index (χ3v) is 2.37. The fraction of sp³-hybridized carbons (Fsp3) is 0.143. The average molecular weight is 289 g/mol. The van der Waals surface area contributed by atoms with Crippen LogP contribution in [0.2, 0.25) is 0 Å². The molecule has 1 aromatic carbocycles. The smallest absolute Gasteiger partial charge is 0.271 e. The second-order valence-corrected chi connectivity index (χ2v) is 3.97. The summed E-state index contributed by atoms with van der Waals surface area (Å²) < 4.78 is 0. The maximum atomic E-state index is 11.6. The number of allylic oxidation sites excluding steroid dienone is 2. The van der Waals surface area contributed by atoms with E-state index >= 15 is 0 Å². The first-order valence-electron chi connectivity index (χ1n) is 6.13. The molecule has 7 heteroatoms. The number of nitro groups is 1. The molecule has 2 N–H and O–H groups in total. The van der Waals surface area contributed by atoms with E-state index in [4.69, 9.17) is 0 Å². The van der Waals surface area contributed by atoms with Gasteiger partial charge in [0, 0.05) is 12.1 Å². The van der Waals surface area contributed by atoms with Gasteiger partial charge >= 0.3 is 0 Å².